The zero-order valence-electron chi connectivity index (χ0n) is 10.5. The average molecular weight is 312 g/mol. The molecule has 1 aromatic carbocycles. The highest BCUT2D eigenvalue weighted by Gasteiger charge is 2.28. The predicted molar refractivity (Wildman–Crippen MR) is 75.3 cm³/mol. The first-order valence-electron chi connectivity index (χ1n) is 6.30. The molecule has 0 bridgehead atoms. The van der Waals surface area contributed by atoms with Gasteiger partial charge in [0, 0.05) is 17.9 Å². The lowest BCUT2D eigenvalue weighted by Crippen LogP contribution is -2.44. The first-order chi connectivity index (χ1) is 8.65. The first-order valence-corrected chi connectivity index (χ1v) is 7.43. The van der Waals surface area contributed by atoms with Gasteiger partial charge in [0.2, 0.25) is 0 Å². The van der Waals surface area contributed by atoms with Gasteiger partial charge in [0.15, 0.2) is 0 Å². The lowest BCUT2D eigenvalue weighted by atomic mass is 10.0. The molecule has 1 heterocycles. The number of halogens is 1. The number of nitrogens with zero attached hydrogens (tertiary/aromatic N) is 1. The molecule has 0 aliphatic carbocycles. The molecule has 1 saturated heterocycles. The minimum absolute atomic E-state index is 0.0552. The van der Waals surface area contributed by atoms with E-state index in [0.717, 1.165) is 30.3 Å². The number of hydrogen-bond donors (Lipinski definition) is 1. The Bertz CT molecular complexity index is 447. The zero-order valence-corrected chi connectivity index (χ0v) is 12.1. The van der Waals surface area contributed by atoms with E-state index in [4.69, 9.17) is 0 Å². The fourth-order valence-electron chi connectivity index (χ4n) is 2.41. The number of carbonyl (C=O) groups is 1. The Morgan fingerprint density at radius 2 is 2.28 bits per heavy atom. The molecule has 0 radical (unpaired) electrons. The number of likely N-dealkylation sites (tertiary alicyclic amines) is 1. The van der Waals surface area contributed by atoms with Crippen molar-refractivity contribution in [2.45, 2.75) is 32.2 Å². The van der Waals surface area contributed by atoms with Gasteiger partial charge in [0.25, 0.3) is 5.91 Å². The minimum Gasteiger partial charge on any atom is -0.507 e. The van der Waals surface area contributed by atoms with Gasteiger partial charge in [-0.05, 0) is 37.8 Å². The molecule has 1 N–H and O–H groups in total. The van der Waals surface area contributed by atoms with Crippen LogP contribution in [0.3, 0.4) is 0 Å². The number of carbonyl (C=O) groups excluding carboxylic acids is 1. The molecule has 1 atom stereocenters. The smallest absolute Gasteiger partial charge is 0.257 e. The molecular formula is C14H18BrNO2. The van der Waals surface area contributed by atoms with Crippen LogP contribution in [0.5, 0.6) is 5.75 Å². The lowest BCUT2D eigenvalue weighted by Gasteiger charge is -2.35. The van der Waals surface area contributed by atoms with E-state index < -0.39 is 0 Å². The summed E-state index contributed by atoms with van der Waals surface area (Å²) < 4.78 is 0. The van der Waals surface area contributed by atoms with Crippen molar-refractivity contribution in [2.24, 2.45) is 0 Å². The van der Waals surface area contributed by atoms with Crippen molar-refractivity contribution >= 4 is 21.8 Å². The number of hydrogen-bond acceptors (Lipinski definition) is 2. The normalized spacial score (nSPS) is 19.9. The number of aromatic hydroxyl groups is 1. The molecule has 3 nitrogen and oxygen atoms in total. The number of aryl methyl sites for hydroxylation is 1. The molecule has 0 spiro atoms. The highest BCUT2D eigenvalue weighted by molar-refractivity contribution is 9.09. The fourth-order valence-corrected chi connectivity index (χ4v) is 3.09. The van der Waals surface area contributed by atoms with E-state index in [1.165, 1.54) is 6.42 Å². The van der Waals surface area contributed by atoms with Crippen LogP contribution < -0.4 is 0 Å². The van der Waals surface area contributed by atoms with Crippen LogP contribution in [0.1, 0.15) is 35.2 Å². The van der Waals surface area contributed by atoms with Crippen molar-refractivity contribution in [3.8, 4) is 5.75 Å². The third kappa shape index (κ3) is 2.53. The van der Waals surface area contributed by atoms with Gasteiger partial charge in [-0.25, -0.2) is 0 Å². The van der Waals surface area contributed by atoms with Crippen LogP contribution in [0.2, 0.25) is 0 Å². The van der Waals surface area contributed by atoms with E-state index in [9.17, 15) is 9.90 Å². The van der Waals surface area contributed by atoms with Gasteiger partial charge in [0.1, 0.15) is 5.75 Å². The average Bonchev–Trinajstić information content (AvgIpc) is 2.41. The number of benzene rings is 1. The van der Waals surface area contributed by atoms with Crippen molar-refractivity contribution < 1.29 is 9.90 Å². The Morgan fingerprint density at radius 3 is 3.00 bits per heavy atom. The Balaban J connectivity index is 2.27. The predicted octanol–water partition coefficient (Wildman–Crippen LogP) is 3.09. The Hall–Kier alpha value is -1.03. The summed E-state index contributed by atoms with van der Waals surface area (Å²) in [5.74, 6) is 0.0572. The summed E-state index contributed by atoms with van der Waals surface area (Å²) in [6.07, 6.45) is 3.24. The van der Waals surface area contributed by atoms with Crippen molar-refractivity contribution in [3.05, 3.63) is 29.3 Å². The van der Waals surface area contributed by atoms with Gasteiger partial charge in [-0.15, -0.1) is 0 Å². The van der Waals surface area contributed by atoms with Crippen LogP contribution >= 0.6 is 15.9 Å². The number of para-hydroxylation sites is 1. The van der Waals surface area contributed by atoms with E-state index in [2.05, 4.69) is 15.9 Å². The largest absolute Gasteiger partial charge is 0.507 e. The highest BCUT2D eigenvalue weighted by Crippen LogP contribution is 2.26. The molecule has 4 heteroatoms. The monoisotopic (exact) mass is 311 g/mol. The minimum atomic E-state index is -0.0552. The van der Waals surface area contributed by atoms with E-state index in [1.54, 1.807) is 6.07 Å². The Kier molecular flexibility index (Phi) is 4.27. The molecule has 0 aromatic heterocycles. The summed E-state index contributed by atoms with van der Waals surface area (Å²) in [7, 11) is 0. The second-order valence-corrected chi connectivity index (χ2v) is 5.42. The highest BCUT2D eigenvalue weighted by atomic mass is 79.9. The standard InChI is InChI=1S/C14H18BrNO2/c1-10-5-4-7-12(13(10)17)14(18)16-8-3-2-6-11(16)9-15/h4-5,7,11,17H,2-3,6,8-9H2,1H3. The molecular weight excluding hydrogens is 294 g/mol. The third-order valence-electron chi connectivity index (χ3n) is 3.53. The SMILES string of the molecule is Cc1cccc(C(=O)N2CCCCC2CBr)c1O. The fraction of sp³-hybridized carbons (Fsp3) is 0.500. The van der Waals surface area contributed by atoms with Crippen LogP contribution in [0.4, 0.5) is 0 Å². The quantitative estimate of drug-likeness (QED) is 0.853. The first kappa shape index (κ1) is 13.4. The van der Waals surface area contributed by atoms with Crippen LogP contribution in [0.25, 0.3) is 0 Å². The van der Waals surface area contributed by atoms with Crippen LogP contribution in [0, 0.1) is 6.92 Å². The molecule has 98 valence electrons. The number of amides is 1. The van der Waals surface area contributed by atoms with E-state index in [-0.39, 0.29) is 17.7 Å². The van der Waals surface area contributed by atoms with E-state index in [0.29, 0.717) is 5.56 Å². The molecule has 1 aromatic rings. The molecule has 2 rings (SSSR count). The van der Waals surface area contributed by atoms with Gasteiger partial charge in [0.05, 0.1) is 5.56 Å². The number of alkyl halides is 1. The molecule has 0 saturated carbocycles. The van der Waals surface area contributed by atoms with Crippen molar-refractivity contribution in [1.29, 1.82) is 0 Å². The molecule has 1 amide bonds. The molecule has 1 fully saturated rings. The van der Waals surface area contributed by atoms with E-state index in [1.807, 2.05) is 24.0 Å². The van der Waals surface area contributed by atoms with Gasteiger partial charge in [-0.2, -0.15) is 0 Å². The molecule has 18 heavy (non-hydrogen) atoms. The maximum Gasteiger partial charge on any atom is 0.257 e. The maximum atomic E-state index is 12.5. The second kappa shape index (κ2) is 5.74. The Labute approximate surface area is 116 Å². The second-order valence-electron chi connectivity index (χ2n) is 4.77. The van der Waals surface area contributed by atoms with Gasteiger partial charge < -0.3 is 10.0 Å². The molecule has 1 aliphatic rings. The molecule has 1 aliphatic heterocycles. The number of rotatable bonds is 2. The van der Waals surface area contributed by atoms with Gasteiger partial charge in [-0.1, -0.05) is 28.1 Å². The van der Waals surface area contributed by atoms with Crippen LogP contribution in [0.15, 0.2) is 18.2 Å². The number of phenols is 1. The molecule has 1 unspecified atom stereocenters. The topological polar surface area (TPSA) is 40.5 Å². The Morgan fingerprint density at radius 1 is 1.50 bits per heavy atom. The van der Waals surface area contributed by atoms with Crippen LogP contribution in [-0.2, 0) is 0 Å². The summed E-state index contributed by atoms with van der Waals surface area (Å²) >= 11 is 3.47. The lowest BCUT2D eigenvalue weighted by molar-refractivity contribution is 0.0638. The van der Waals surface area contributed by atoms with E-state index >= 15 is 0 Å². The summed E-state index contributed by atoms with van der Waals surface area (Å²) in [5.41, 5.74) is 1.16. The van der Waals surface area contributed by atoms with Gasteiger partial charge in [-0.3, -0.25) is 4.79 Å². The van der Waals surface area contributed by atoms with Gasteiger partial charge >= 0.3 is 0 Å². The summed E-state index contributed by atoms with van der Waals surface area (Å²) in [6.45, 7) is 2.59. The van der Waals surface area contributed by atoms with Crippen LogP contribution in [-0.4, -0.2) is 33.8 Å². The third-order valence-corrected chi connectivity index (χ3v) is 4.28. The van der Waals surface area contributed by atoms with Crippen molar-refractivity contribution in [3.63, 3.8) is 0 Å². The summed E-state index contributed by atoms with van der Waals surface area (Å²) in [4.78, 5) is 14.4. The summed E-state index contributed by atoms with van der Waals surface area (Å²) in [5, 5.41) is 10.8. The summed E-state index contributed by atoms with van der Waals surface area (Å²) in [6, 6.07) is 5.57. The number of piperidine rings is 1. The maximum absolute atomic E-state index is 12.5. The van der Waals surface area contributed by atoms with Crippen molar-refractivity contribution in [2.75, 3.05) is 11.9 Å². The van der Waals surface area contributed by atoms with Crippen molar-refractivity contribution in [1.82, 2.24) is 4.90 Å². The zero-order chi connectivity index (χ0) is 13.1. The number of phenolic OH excluding ortho intramolecular Hbond substituents is 1.